The lowest BCUT2D eigenvalue weighted by atomic mass is 10.1. The number of aromatic nitrogens is 4. The van der Waals surface area contributed by atoms with E-state index in [0.717, 1.165) is 0 Å². The van der Waals surface area contributed by atoms with Crippen molar-refractivity contribution in [1.29, 1.82) is 0 Å². The predicted octanol–water partition coefficient (Wildman–Crippen LogP) is -3.92. The summed E-state index contributed by atoms with van der Waals surface area (Å²) in [6.45, 7) is 0.731. The Kier molecular flexibility index (Phi) is 6.18. The fraction of sp³-hybridized carbons (Fsp3) is 0.571. The number of imidazole rings is 1. The van der Waals surface area contributed by atoms with Gasteiger partial charge in [0.25, 0.3) is 5.91 Å². The topological polar surface area (TPSA) is 244 Å². The SMILES string of the molecule is C[C@@H](N)[C@H](N)C(=O)NS(=O)(=O)OC[C@H]1O[C@@H](n2cnc3c(N)ncnc32)[C@H](O)[C@@H]1O. The molecule has 0 saturated carbocycles. The van der Waals surface area contributed by atoms with Gasteiger partial charge in [0.1, 0.15) is 36.2 Å². The first-order chi connectivity index (χ1) is 14.0. The third-order valence-corrected chi connectivity index (χ3v) is 5.38. The molecule has 0 aliphatic carbocycles. The number of anilines is 1. The first-order valence-electron chi connectivity index (χ1n) is 8.68. The summed E-state index contributed by atoms with van der Waals surface area (Å²) in [7, 11) is -4.56. The molecule has 1 aliphatic heterocycles. The Bertz CT molecular complexity index is 1030. The molecule has 15 nitrogen and oxygen atoms in total. The van der Waals surface area contributed by atoms with Crippen LogP contribution in [0.2, 0.25) is 0 Å². The van der Waals surface area contributed by atoms with E-state index in [0.29, 0.717) is 0 Å². The van der Waals surface area contributed by atoms with Gasteiger partial charge >= 0.3 is 10.3 Å². The normalized spacial score (nSPS) is 26.6. The lowest BCUT2D eigenvalue weighted by Crippen LogP contribution is -2.52. The molecule has 1 aliphatic rings. The monoisotopic (exact) mass is 446 g/mol. The highest BCUT2D eigenvalue weighted by Gasteiger charge is 2.45. The molecular formula is C14H22N8O7S. The lowest BCUT2D eigenvalue weighted by molar-refractivity contribution is -0.121. The van der Waals surface area contributed by atoms with Crippen molar-refractivity contribution in [3.05, 3.63) is 12.7 Å². The van der Waals surface area contributed by atoms with Crippen LogP contribution in [0.3, 0.4) is 0 Å². The third kappa shape index (κ3) is 4.33. The van der Waals surface area contributed by atoms with E-state index in [4.69, 9.17) is 21.9 Å². The number of nitrogen functional groups attached to an aromatic ring is 1. The highest BCUT2D eigenvalue weighted by molar-refractivity contribution is 7.85. The summed E-state index contributed by atoms with van der Waals surface area (Å²) in [5.74, 6) is -0.948. The molecule has 0 bridgehead atoms. The summed E-state index contributed by atoms with van der Waals surface area (Å²) in [4.78, 5) is 23.6. The molecule has 9 N–H and O–H groups in total. The minimum Gasteiger partial charge on any atom is -0.387 e. The fourth-order valence-electron chi connectivity index (χ4n) is 2.77. The molecule has 3 heterocycles. The van der Waals surface area contributed by atoms with E-state index in [9.17, 15) is 23.4 Å². The van der Waals surface area contributed by atoms with E-state index in [2.05, 4.69) is 19.1 Å². The van der Waals surface area contributed by atoms with Crippen LogP contribution in [0.15, 0.2) is 12.7 Å². The van der Waals surface area contributed by atoms with Crippen LogP contribution in [0.5, 0.6) is 0 Å². The summed E-state index contributed by atoms with van der Waals surface area (Å²) >= 11 is 0. The second-order valence-corrected chi connectivity index (χ2v) is 8.07. The van der Waals surface area contributed by atoms with Crippen LogP contribution in [0.1, 0.15) is 13.2 Å². The molecule has 1 amide bonds. The number of nitrogens with one attached hydrogen (secondary N) is 1. The van der Waals surface area contributed by atoms with E-state index in [1.165, 1.54) is 24.1 Å². The van der Waals surface area contributed by atoms with Crippen LogP contribution in [0.4, 0.5) is 5.82 Å². The highest BCUT2D eigenvalue weighted by Crippen LogP contribution is 2.32. The van der Waals surface area contributed by atoms with Gasteiger partial charge in [-0.2, -0.15) is 8.42 Å². The van der Waals surface area contributed by atoms with Gasteiger partial charge in [-0.05, 0) is 6.92 Å². The Morgan fingerprint density at radius 3 is 2.70 bits per heavy atom. The van der Waals surface area contributed by atoms with Crippen LogP contribution in [0.25, 0.3) is 11.2 Å². The van der Waals surface area contributed by atoms with Gasteiger partial charge < -0.3 is 32.2 Å². The number of nitrogens with zero attached hydrogens (tertiary/aromatic N) is 4. The molecule has 0 unspecified atom stereocenters. The molecule has 0 radical (unpaired) electrons. The number of rotatable bonds is 7. The Balaban J connectivity index is 1.68. The second kappa shape index (κ2) is 8.34. The quantitative estimate of drug-likeness (QED) is 0.238. The van der Waals surface area contributed by atoms with Gasteiger partial charge in [-0.1, -0.05) is 0 Å². The summed E-state index contributed by atoms with van der Waals surface area (Å²) in [6.07, 6.45) is -2.91. The molecule has 166 valence electrons. The summed E-state index contributed by atoms with van der Waals surface area (Å²) in [6, 6.07) is -2.06. The van der Waals surface area contributed by atoms with Crippen LogP contribution >= 0.6 is 0 Å². The Hall–Kier alpha value is -2.47. The molecule has 1 fully saturated rings. The highest BCUT2D eigenvalue weighted by atomic mass is 32.2. The zero-order valence-electron chi connectivity index (χ0n) is 15.7. The second-order valence-electron chi connectivity index (χ2n) is 6.72. The number of amides is 1. The van der Waals surface area contributed by atoms with Crippen LogP contribution < -0.4 is 21.9 Å². The minimum atomic E-state index is -4.56. The lowest BCUT2D eigenvalue weighted by Gasteiger charge is -2.17. The first kappa shape index (κ1) is 22.2. The van der Waals surface area contributed by atoms with Crippen LogP contribution in [-0.4, -0.2) is 81.1 Å². The smallest absolute Gasteiger partial charge is 0.362 e. The molecule has 6 atom stereocenters. The van der Waals surface area contributed by atoms with Crippen molar-refractivity contribution >= 4 is 33.2 Å². The standard InChI is InChI=1S/C14H22N8O7S/c1-5(15)7(16)13(25)21-30(26,27)28-2-6-9(23)10(24)14(29-6)22-4-20-8-11(17)18-3-19-12(8)22/h3-7,9-10,14,23-24H,2,15-16H2,1H3,(H,21,25)(H2,17,18,19)/t5-,6-,7+,9-,10-,14-/m1/s1. The summed E-state index contributed by atoms with van der Waals surface area (Å²) in [5, 5.41) is 20.6. The van der Waals surface area contributed by atoms with Crippen LogP contribution in [-0.2, 0) is 24.0 Å². The largest absolute Gasteiger partial charge is 0.387 e. The average Bonchev–Trinajstić information content (AvgIpc) is 3.22. The van der Waals surface area contributed by atoms with Crippen molar-refractivity contribution in [3.8, 4) is 0 Å². The Morgan fingerprint density at radius 1 is 1.33 bits per heavy atom. The zero-order chi connectivity index (χ0) is 22.2. The van der Waals surface area contributed by atoms with Crippen molar-refractivity contribution in [1.82, 2.24) is 24.2 Å². The predicted molar refractivity (Wildman–Crippen MR) is 100 cm³/mol. The maximum atomic E-state index is 11.9. The van der Waals surface area contributed by atoms with E-state index < -0.39 is 59.4 Å². The van der Waals surface area contributed by atoms with Crippen molar-refractivity contribution in [2.45, 2.75) is 43.5 Å². The molecule has 2 aromatic rings. The van der Waals surface area contributed by atoms with E-state index in [1.54, 1.807) is 4.72 Å². The average molecular weight is 446 g/mol. The number of fused-ring (bicyclic) bond motifs is 1. The van der Waals surface area contributed by atoms with Gasteiger partial charge in [-0.25, -0.2) is 19.7 Å². The number of nitrogens with two attached hydrogens (primary N) is 3. The van der Waals surface area contributed by atoms with E-state index >= 15 is 0 Å². The van der Waals surface area contributed by atoms with Crippen molar-refractivity contribution in [3.63, 3.8) is 0 Å². The molecular weight excluding hydrogens is 424 g/mol. The van der Waals surface area contributed by atoms with Gasteiger partial charge in [-0.15, -0.1) is 0 Å². The molecule has 0 aromatic carbocycles. The molecule has 3 rings (SSSR count). The fourth-order valence-corrected chi connectivity index (χ4v) is 3.52. The zero-order valence-corrected chi connectivity index (χ0v) is 16.5. The molecule has 0 spiro atoms. The molecule has 30 heavy (non-hydrogen) atoms. The summed E-state index contributed by atoms with van der Waals surface area (Å²) in [5.41, 5.74) is 17.1. The number of ether oxygens (including phenoxy) is 1. The van der Waals surface area contributed by atoms with Gasteiger partial charge in [-0.3, -0.25) is 13.5 Å². The van der Waals surface area contributed by atoms with Crippen molar-refractivity contribution < 1.29 is 32.3 Å². The van der Waals surface area contributed by atoms with Crippen molar-refractivity contribution in [2.24, 2.45) is 11.5 Å². The maximum absolute atomic E-state index is 11.9. The van der Waals surface area contributed by atoms with Crippen molar-refractivity contribution in [2.75, 3.05) is 12.3 Å². The molecule has 1 saturated heterocycles. The van der Waals surface area contributed by atoms with E-state index in [1.807, 2.05) is 0 Å². The number of carbonyl (C=O) groups is 1. The first-order valence-corrected chi connectivity index (χ1v) is 10.1. The minimum absolute atomic E-state index is 0.110. The molecule has 2 aromatic heterocycles. The van der Waals surface area contributed by atoms with Crippen LogP contribution in [0, 0.1) is 0 Å². The van der Waals surface area contributed by atoms with Gasteiger partial charge in [0.2, 0.25) is 0 Å². The number of hydrogen-bond acceptors (Lipinski definition) is 13. The Morgan fingerprint density at radius 2 is 2.03 bits per heavy atom. The number of aliphatic hydroxyl groups is 2. The third-order valence-electron chi connectivity index (χ3n) is 4.48. The summed E-state index contributed by atoms with van der Waals surface area (Å²) < 4.78 is 37.0. The van der Waals surface area contributed by atoms with Gasteiger partial charge in [0, 0.05) is 6.04 Å². The number of carbonyl (C=O) groups excluding carboxylic acids is 1. The molecule has 16 heteroatoms. The maximum Gasteiger partial charge on any atom is 0.362 e. The van der Waals surface area contributed by atoms with Gasteiger partial charge in [0.05, 0.1) is 12.9 Å². The van der Waals surface area contributed by atoms with Gasteiger partial charge in [0.15, 0.2) is 17.7 Å². The van der Waals surface area contributed by atoms with E-state index in [-0.39, 0.29) is 17.0 Å². The number of aliphatic hydroxyl groups excluding tert-OH is 2. The Labute approximate surface area is 170 Å². The number of hydrogen-bond donors (Lipinski definition) is 6.